The van der Waals surface area contributed by atoms with Crippen LogP contribution in [0.2, 0.25) is 5.02 Å². The van der Waals surface area contributed by atoms with Crippen molar-refractivity contribution in [3.63, 3.8) is 0 Å². The van der Waals surface area contributed by atoms with Crippen LogP contribution < -0.4 is 5.32 Å². The lowest BCUT2D eigenvalue weighted by atomic mass is 10.2. The van der Waals surface area contributed by atoms with Crippen LogP contribution in [-0.2, 0) is 11.3 Å². The number of aromatic nitrogens is 1. The number of hydrogen-bond acceptors (Lipinski definition) is 3. The van der Waals surface area contributed by atoms with E-state index in [9.17, 15) is 0 Å². The molecule has 1 aromatic carbocycles. The van der Waals surface area contributed by atoms with Gasteiger partial charge in [-0.15, -0.1) is 0 Å². The number of rotatable bonds is 4. The van der Waals surface area contributed by atoms with Crippen LogP contribution in [0.5, 0.6) is 0 Å². The standard InChI is InChI=1S/C13H12BrClN2O/c1-18-8-9-3-2-4-11(5-9)17-13-12(15)6-10(14)7-16-13/h2-7H,8H2,1H3,(H,16,17). The van der Waals surface area contributed by atoms with Gasteiger partial charge in [-0.25, -0.2) is 4.98 Å². The van der Waals surface area contributed by atoms with Gasteiger partial charge in [0.15, 0.2) is 0 Å². The van der Waals surface area contributed by atoms with Gasteiger partial charge in [-0.2, -0.15) is 0 Å². The van der Waals surface area contributed by atoms with Gasteiger partial charge in [0.2, 0.25) is 0 Å². The van der Waals surface area contributed by atoms with Crippen molar-refractivity contribution in [1.29, 1.82) is 0 Å². The average molecular weight is 328 g/mol. The van der Waals surface area contributed by atoms with Crippen molar-refractivity contribution in [2.45, 2.75) is 6.61 Å². The quantitative estimate of drug-likeness (QED) is 0.904. The van der Waals surface area contributed by atoms with Gasteiger partial charge < -0.3 is 10.1 Å². The van der Waals surface area contributed by atoms with Crippen molar-refractivity contribution in [1.82, 2.24) is 4.98 Å². The maximum absolute atomic E-state index is 6.10. The molecule has 1 heterocycles. The van der Waals surface area contributed by atoms with Crippen molar-refractivity contribution in [3.8, 4) is 0 Å². The fourth-order valence-electron chi connectivity index (χ4n) is 1.55. The van der Waals surface area contributed by atoms with E-state index < -0.39 is 0 Å². The monoisotopic (exact) mass is 326 g/mol. The maximum Gasteiger partial charge on any atom is 0.149 e. The molecule has 0 aliphatic carbocycles. The summed E-state index contributed by atoms with van der Waals surface area (Å²) in [6, 6.07) is 9.73. The zero-order valence-corrected chi connectivity index (χ0v) is 12.1. The number of nitrogens with one attached hydrogen (secondary N) is 1. The Kier molecular flexibility index (Phi) is 4.58. The van der Waals surface area contributed by atoms with Gasteiger partial charge in [-0.3, -0.25) is 0 Å². The number of nitrogens with zero attached hydrogens (tertiary/aromatic N) is 1. The molecular weight excluding hydrogens is 316 g/mol. The molecule has 0 atom stereocenters. The SMILES string of the molecule is COCc1cccc(Nc2ncc(Br)cc2Cl)c1. The van der Waals surface area contributed by atoms with Crippen LogP contribution in [0.15, 0.2) is 41.0 Å². The first-order chi connectivity index (χ1) is 8.69. The van der Waals surface area contributed by atoms with E-state index in [1.165, 1.54) is 0 Å². The fraction of sp³-hybridized carbons (Fsp3) is 0.154. The molecule has 5 heteroatoms. The Morgan fingerprint density at radius 3 is 2.94 bits per heavy atom. The largest absolute Gasteiger partial charge is 0.380 e. The predicted molar refractivity (Wildman–Crippen MR) is 77.4 cm³/mol. The Bertz CT molecular complexity index is 548. The van der Waals surface area contributed by atoms with Crippen molar-refractivity contribution in [2.75, 3.05) is 12.4 Å². The molecule has 1 N–H and O–H groups in total. The van der Waals surface area contributed by atoms with E-state index in [0.717, 1.165) is 15.7 Å². The number of halogens is 2. The first-order valence-electron chi connectivity index (χ1n) is 5.35. The molecular formula is C13H12BrClN2O. The lowest BCUT2D eigenvalue weighted by Gasteiger charge is -2.09. The van der Waals surface area contributed by atoms with Crippen molar-refractivity contribution in [2.24, 2.45) is 0 Å². The van der Waals surface area contributed by atoms with Crippen LogP contribution in [0, 0.1) is 0 Å². The van der Waals surface area contributed by atoms with E-state index >= 15 is 0 Å². The number of anilines is 2. The minimum atomic E-state index is 0.571. The summed E-state index contributed by atoms with van der Waals surface area (Å²) in [7, 11) is 1.67. The minimum absolute atomic E-state index is 0.571. The van der Waals surface area contributed by atoms with Crippen molar-refractivity contribution in [3.05, 3.63) is 51.6 Å². The molecule has 18 heavy (non-hydrogen) atoms. The highest BCUT2D eigenvalue weighted by Crippen LogP contribution is 2.26. The number of hydrogen-bond donors (Lipinski definition) is 1. The molecule has 2 aromatic rings. The smallest absolute Gasteiger partial charge is 0.149 e. The second-order valence-electron chi connectivity index (χ2n) is 3.74. The summed E-state index contributed by atoms with van der Waals surface area (Å²) < 4.78 is 5.95. The fourth-order valence-corrected chi connectivity index (χ4v) is 2.23. The summed E-state index contributed by atoms with van der Waals surface area (Å²) in [5, 5.41) is 3.75. The summed E-state index contributed by atoms with van der Waals surface area (Å²) in [6.45, 7) is 0.580. The predicted octanol–water partition coefficient (Wildman–Crippen LogP) is 4.39. The summed E-state index contributed by atoms with van der Waals surface area (Å²) in [5.74, 6) is 0.634. The Morgan fingerprint density at radius 1 is 1.39 bits per heavy atom. The van der Waals surface area contributed by atoms with Crippen LogP contribution in [0.25, 0.3) is 0 Å². The Balaban J connectivity index is 2.20. The van der Waals surface area contributed by atoms with Gasteiger partial charge in [0.1, 0.15) is 5.82 Å². The first-order valence-corrected chi connectivity index (χ1v) is 6.52. The number of ether oxygens (including phenoxy) is 1. The second-order valence-corrected chi connectivity index (χ2v) is 5.07. The Morgan fingerprint density at radius 2 is 2.22 bits per heavy atom. The van der Waals surface area contributed by atoms with E-state index in [2.05, 4.69) is 26.2 Å². The molecule has 2 rings (SSSR count). The van der Waals surface area contributed by atoms with Crippen LogP contribution in [-0.4, -0.2) is 12.1 Å². The van der Waals surface area contributed by atoms with Gasteiger partial charge in [-0.1, -0.05) is 23.7 Å². The molecule has 0 saturated heterocycles. The molecule has 0 radical (unpaired) electrons. The van der Waals surface area contributed by atoms with Gasteiger partial charge in [0, 0.05) is 23.5 Å². The van der Waals surface area contributed by atoms with E-state index in [1.54, 1.807) is 19.4 Å². The molecule has 0 fully saturated rings. The lowest BCUT2D eigenvalue weighted by Crippen LogP contribution is -1.96. The molecule has 0 amide bonds. The van der Waals surface area contributed by atoms with Gasteiger partial charge in [-0.05, 0) is 39.7 Å². The highest BCUT2D eigenvalue weighted by Gasteiger charge is 2.03. The molecule has 3 nitrogen and oxygen atoms in total. The molecule has 0 saturated carbocycles. The third kappa shape index (κ3) is 3.45. The topological polar surface area (TPSA) is 34.1 Å². The number of benzene rings is 1. The third-order valence-corrected chi connectivity index (χ3v) is 3.03. The lowest BCUT2D eigenvalue weighted by molar-refractivity contribution is 0.185. The van der Waals surface area contributed by atoms with Crippen molar-refractivity contribution < 1.29 is 4.74 Å². The average Bonchev–Trinajstić information content (AvgIpc) is 2.34. The summed E-state index contributed by atoms with van der Waals surface area (Å²) in [4.78, 5) is 4.23. The molecule has 0 aliphatic rings. The Hall–Kier alpha value is -1.10. The van der Waals surface area contributed by atoms with Gasteiger partial charge >= 0.3 is 0 Å². The number of pyridine rings is 1. The van der Waals surface area contributed by atoms with E-state index in [4.69, 9.17) is 16.3 Å². The second kappa shape index (κ2) is 6.18. The highest BCUT2D eigenvalue weighted by molar-refractivity contribution is 9.10. The zero-order valence-electron chi connectivity index (χ0n) is 9.78. The maximum atomic E-state index is 6.10. The van der Waals surface area contributed by atoms with Crippen LogP contribution in [0.1, 0.15) is 5.56 Å². The molecule has 1 aromatic heterocycles. The third-order valence-electron chi connectivity index (χ3n) is 2.31. The van der Waals surface area contributed by atoms with Crippen LogP contribution >= 0.6 is 27.5 Å². The van der Waals surface area contributed by atoms with Crippen LogP contribution in [0.3, 0.4) is 0 Å². The normalized spacial score (nSPS) is 10.4. The highest BCUT2D eigenvalue weighted by atomic mass is 79.9. The summed E-state index contributed by atoms with van der Waals surface area (Å²) in [5.41, 5.74) is 2.03. The van der Waals surface area contributed by atoms with Crippen LogP contribution in [0.4, 0.5) is 11.5 Å². The molecule has 0 bridgehead atoms. The first kappa shape index (κ1) is 13.3. The molecule has 94 valence electrons. The zero-order chi connectivity index (χ0) is 13.0. The van der Waals surface area contributed by atoms with Gasteiger partial charge in [0.25, 0.3) is 0 Å². The number of methoxy groups -OCH3 is 1. The van der Waals surface area contributed by atoms with Gasteiger partial charge in [0.05, 0.1) is 11.6 Å². The molecule has 0 aliphatic heterocycles. The van der Waals surface area contributed by atoms with Crippen molar-refractivity contribution >= 4 is 39.0 Å². The minimum Gasteiger partial charge on any atom is -0.380 e. The molecule has 0 unspecified atom stereocenters. The molecule has 0 spiro atoms. The van der Waals surface area contributed by atoms with E-state index in [-0.39, 0.29) is 0 Å². The van der Waals surface area contributed by atoms with E-state index in [1.807, 2.05) is 24.3 Å². The summed E-state index contributed by atoms with van der Waals surface area (Å²) >= 11 is 9.42. The Labute approximate surface area is 119 Å². The summed E-state index contributed by atoms with van der Waals surface area (Å²) in [6.07, 6.45) is 1.70. The van der Waals surface area contributed by atoms with E-state index in [0.29, 0.717) is 17.4 Å².